The van der Waals surface area contributed by atoms with Gasteiger partial charge in [0.1, 0.15) is 5.75 Å². The van der Waals surface area contributed by atoms with E-state index in [1.807, 2.05) is 31.2 Å². The van der Waals surface area contributed by atoms with Gasteiger partial charge in [0.15, 0.2) is 0 Å². The van der Waals surface area contributed by atoms with E-state index in [9.17, 15) is 0 Å². The van der Waals surface area contributed by atoms with E-state index in [1.54, 1.807) is 12.4 Å². The molecule has 0 bridgehead atoms. The molecule has 0 fully saturated rings. The van der Waals surface area contributed by atoms with Gasteiger partial charge in [-0.2, -0.15) is 0 Å². The fourth-order valence-corrected chi connectivity index (χ4v) is 1.76. The van der Waals surface area contributed by atoms with Gasteiger partial charge in [0.25, 0.3) is 0 Å². The first-order valence-corrected chi connectivity index (χ1v) is 6.89. The monoisotopic (exact) mass is 271 g/mol. The van der Waals surface area contributed by atoms with Crippen LogP contribution in [0, 0.1) is 12.8 Å². The van der Waals surface area contributed by atoms with Crippen LogP contribution >= 0.6 is 0 Å². The molecule has 2 aromatic heterocycles. The average molecular weight is 271 g/mol. The molecule has 1 N–H and O–H groups in total. The van der Waals surface area contributed by atoms with E-state index in [0.29, 0.717) is 17.5 Å². The number of hydrogen-bond acceptors (Lipinski definition) is 4. The van der Waals surface area contributed by atoms with Gasteiger partial charge < -0.3 is 10.1 Å². The second-order valence-corrected chi connectivity index (χ2v) is 5.26. The molecule has 0 spiro atoms. The number of aromatic nitrogens is 2. The van der Waals surface area contributed by atoms with Gasteiger partial charge in [-0.05, 0) is 43.1 Å². The molecule has 0 aliphatic rings. The van der Waals surface area contributed by atoms with Gasteiger partial charge in [-0.15, -0.1) is 0 Å². The third-order valence-electron chi connectivity index (χ3n) is 2.79. The standard InChI is InChI=1S/C16H21N3O/c1-12(2)9-17-10-14-6-7-18-16(8-14)20-15-5-4-13(3)19-11-15/h4-8,11-12,17H,9-10H2,1-3H3. The van der Waals surface area contributed by atoms with Gasteiger partial charge in [0.05, 0.1) is 6.20 Å². The zero-order valence-corrected chi connectivity index (χ0v) is 12.3. The fourth-order valence-electron chi connectivity index (χ4n) is 1.76. The summed E-state index contributed by atoms with van der Waals surface area (Å²) in [6.07, 6.45) is 3.48. The maximum Gasteiger partial charge on any atom is 0.219 e. The quantitative estimate of drug-likeness (QED) is 0.875. The zero-order chi connectivity index (χ0) is 14.4. The van der Waals surface area contributed by atoms with Crippen molar-refractivity contribution in [1.29, 1.82) is 0 Å². The Bertz CT molecular complexity index is 538. The Kier molecular flexibility index (Phi) is 5.07. The number of nitrogens with one attached hydrogen (secondary N) is 1. The summed E-state index contributed by atoms with van der Waals surface area (Å²) in [6, 6.07) is 7.76. The van der Waals surface area contributed by atoms with E-state index in [4.69, 9.17) is 4.74 Å². The molecule has 4 nitrogen and oxygen atoms in total. The lowest BCUT2D eigenvalue weighted by molar-refractivity contribution is 0.459. The van der Waals surface area contributed by atoms with Crippen molar-refractivity contribution in [1.82, 2.24) is 15.3 Å². The summed E-state index contributed by atoms with van der Waals surface area (Å²) in [4.78, 5) is 8.42. The molecular weight excluding hydrogens is 250 g/mol. The minimum atomic E-state index is 0.597. The summed E-state index contributed by atoms with van der Waals surface area (Å²) in [6.45, 7) is 8.16. The van der Waals surface area contributed by atoms with E-state index in [1.165, 1.54) is 0 Å². The van der Waals surface area contributed by atoms with E-state index in [0.717, 1.165) is 24.3 Å². The Balaban J connectivity index is 1.96. The maximum atomic E-state index is 5.70. The van der Waals surface area contributed by atoms with Crippen molar-refractivity contribution in [3.05, 3.63) is 47.9 Å². The summed E-state index contributed by atoms with van der Waals surface area (Å²) in [5.41, 5.74) is 2.13. The molecule has 2 aromatic rings. The van der Waals surface area contributed by atoms with Crippen LogP contribution in [0.3, 0.4) is 0 Å². The Morgan fingerprint density at radius 1 is 1.20 bits per heavy atom. The molecule has 0 unspecified atom stereocenters. The minimum Gasteiger partial charge on any atom is -0.437 e. The summed E-state index contributed by atoms with van der Waals surface area (Å²) >= 11 is 0. The zero-order valence-electron chi connectivity index (χ0n) is 12.3. The van der Waals surface area contributed by atoms with Crippen molar-refractivity contribution in [3.63, 3.8) is 0 Å². The van der Waals surface area contributed by atoms with Crippen molar-refractivity contribution >= 4 is 0 Å². The van der Waals surface area contributed by atoms with Gasteiger partial charge >= 0.3 is 0 Å². The van der Waals surface area contributed by atoms with E-state index in [-0.39, 0.29) is 0 Å². The Morgan fingerprint density at radius 3 is 2.75 bits per heavy atom. The van der Waals surface area contributed by atoms with Crippen LogP contribution < -0.4 is 10.1 Å². The maximum absolute atomic E-state index is 5.70. The van der Waals surface area contributed by atoms with Crippen LogP contribution in [0.2, 0.25) is 0 Å². The van der Waals surface area contributed by atoms with Crippen LogP contribution in [0.1, 0.15) is 25.1 Å². The molecule has 2 rings (SSSR count). The minimum absolute atomic E-state index is 0.597. The number of ether oxygens (including phenoxy) is 1. The smallest absolute Gasteiger partial charge is 0.219 e. The van der Waals surface area contributed by atoms with Gasteiger partial charge in [0, 0.05) is 24.5 Å². The van der Waals surface area contributed by atoms with Crippen LogP contribution in [0.4, 0.5) is 0 Å². The third-order valence-corrected chi connectivity index (χ3v) is 2.79. The third kappa shape index (κ3) is 4.63. The Hall–Kier alpha value is -1.94. The predicted octanol–water partition coefficient (Wildman–Crippen LogP) is 3.32. The summed E-state index contributed by atoms with van der Waals surface area (Å²) in [5, 5.41) is 3.40. The lowest BCUT2D eigenvalue weighted by Gasteiger charge is -2.09. The number of pyridine rings is 2. The molecule has 106 valence electrons. The van der Waals surface area contributed by atoms with Crippen molar-refractivity contribution in [2.45, 2.75) is 27.3 Å². The Labute approximate surface area is 120 Å². The fraction of sp³-hybridized carbons (Fsp3) is 0.375. The number of aryl methyl sites for hydroxylation is 1. The Morgan fingerprint density at radius 2 is 2.05 bits per heavy atom. The largest absolute Gasteiger partial charge is 0.437 e. The SMILES string of the molecule is Cc1ccc(Oc2cc(CNCC(C)C)ccn2)cn1. The molecule has 2 heterocycles. The van der Waals surface area contributed by atoms with Crippen LogP contribution in [0.15, 0.2) is 36.7 Å². The van der Waals surface area contributed by atoms with Gasteiger partial charge in [-0.1, -0.05) is 13.8 Å². The van der Waals surface area contributed by atoms with E-state index >= 15 is 0 Å². The van der Waals surface area contributed by atoms with Crippen molar-refractivity contribution in [2.24, 2.45) is 5.92 Å². The van der Waals surface area contributed by atoms with Gasteiger partial charge in [0.2, 0.25) is 5.88 Å². The highest BCUT2D eigenvalue weighted by Gasteiger charge is 2.01. The molecule has 0 aromatic carbocycles. The topological polar surface area (TPSA) is 47.0 Å². The molecule has 0 atom stereocenters. The van der Waals surface area contributed by atoms with Crippen molar-refractivity contribution in [3.8, 4) is 11.6 Å². The summed E-state index contributed by atoms with van der Waals surface area (Å²) < 4.78 is 5.70. The van der Waals surface area contributed by atoms with Crippen LogP contribution in [-0.4, -0.2) is 16.5 Å². The normalized spacial score (nSPS) is 10.8. The first-order valence-electron chi connectivity index (χ1n) is 6.89. The molecule has 0 amide bonds. The molecule has 4 heteroatoms. The summed E-state index contributed by atoms with van der Waals surface area (Å²) in [5.74, 6) is 1.95. The predicted molar refractivity (Wildman–Crippen MR) is 79.8 cm³/mol. The number of hydrogen-bond donors (Lipinski definition) is 1. The van der Waals surface area contributed by atoms with Gasteiger partial charge in [-0.3, -0.25) is 4.98 Å². The average Bonchev–Trinajstić information content (AvgIpc) is 2.41. The van der Waals surface area contributed by atoms with E-state index in [2.05, 4.69) is 29.1 Å². The first kappa shape index (κ1) is 14.5. The summed E-state index contributed by atoms with van der Waals surface area (Å²) in [7, 11) is 0. The second kappa shape index (κ2) is 7.01. The lowest BCUT2D eigenvalue weighted by Crippen LogP contribution is -2.18. The highest BCUT2D eigenvalue weighted by molar-refractivity contribution is 5.27. The molecule has 0 aliphatic heterocycles. The van der Waals surface area contributed by atoms with Gasteiger partial charge in [-0.25, -0.2) is 4.98 Å². The number of nitrogens with zero attached hydrogens (tertiary/aromatic N) is 2. The highest BCUT2D eigenvalue weighted by Crippen LogP contribution is 2.19. The lowest BCUT2D eigenvalue weighted by atomic mass is 10.2. The van der Waals surface area contributed by atoms with Crippen LogP contribution in [0.5, 0.6) is 11.6 Å². The molecule has 0 aliphatic carbocycles. The molecule has 0 radical (unpaired) electrons. The highest BCUT2D eigenvalue weighted by atomic mass is 16.5. The van der Waals surface area contributed by atoms with Crippen molar-refractivity contribution < 1.29 is 4.74 Å². The molecule has 0 saturated heterocycles. The molecule has 0 saturated carbocycles. The molecule has 20 heavy (non-hydrogen) atoms. The second-order valence-electron chi connectivity index (χ2n) is 5.26. The van der Waals surface area contributed by atoms with Crippen LogP contribution in [-0.2, 0) is 6.54 Å². The van der Waals surface area contributed by atoms with Crippen LogP contribution in [0.25, 0.3) is 0 Å². The number of rotatable bonds is 6. The first-order chi connectivity index (χ1) is 9.63. The van der Waals surface area contributed by atoms with E-state index < -0.39 is 0 Å². The van der Waals surface area contributed by atoms with Crippen molar-refractivity contribution in [2.75, 3.05) is 6.54 Å². The molecular formula is C16H21N3O.